The van der Waals surface area contributed by atoms with Crippen LogP contribution in [0, 0.1) is 11.3 Å². The highest BCUT2D eigenvalue weighted by Gasteiger charge is 2.42. The molecule has 1 aromatic carbocycles. The van der Waals surface area contributed by atoms with Crippen molar-refractivity contribution >= 4 is 11.8 Å². The molecule has 5 heteroatoms. The number of allylic oxidation sites excluding steroid dienone is 2. The second-order valence-corrected chi connectivity index (χ2v) is 9.20. The summed E-state index contributed by atoms with van der Waals surface area (Å²) in [7, 11) is 0. The molecule has 1 aliphatic carbocycles. The normalized spacial score (nSPS) is 19.6. The van der Waals surface area contributed by atoms with Crippen molar-refractivity contribution in [2.45, 2.75) is 38.5 Å². The number of amides is 2. The van der Waals surface area contributed by atoms with Gasteiger partial charge in [0, 0.05) is 37.9 Å². The van der Waals surface area contributed by atoms with Crippen molar-refractivity contribution in [3.05, 3.63) is 79.2 Å². The Morgan fingerprint density at radius 1 is 1.12 bits per heavy atom. The predicted octanol–water partition coefficient (Wildman–Crippen LogP) is 4.56. The van der Waals surface area contributed by atoms with Gasteiger partial charge in [-0.3, -0.25) is 14.6 Å². The summed E-state index contributed by atoms with van der Waals surface area (Å²) in [5, 5.41) is 3.04. The molecule has 1 aliphatic heterocycles. The van der Waals surface area contributed by atoms with E-state index in [-0.39, 0.29) is 17.7 Å². The van der Waals surface area contributed by atoms with Gasteiger partial charge in [-0.2, -0.15) is 0 Å². The Bertz CT molecular complexity index is 1010. The van der Waals surface area contributed by atoms with Crippen molar-refractivity contribution in [2.24, 2.45) is 11.3 Å². The number of aromatic nitrogens is 1. The van der Waals surface area contributed by atoms with Gasteiger partial charge in [-0.25, -0.2) is 0 Å². The first-order chi connectivity index (χ1) is 16.1. The Balaban J connectivity index is 1.51. The predicted molar refractivity (Wildman–Crippen MR) is 131 cm³/mol. The molecule has 1 aromatic heterocycles. The highest BCUT2D eigenvalue weighted by Crippen LogP contribution is 2.37. The Hall–Kier alpha value is -3.21. The van der Waals surface area contributed by atoms with Crippen molar-refractivity contribution in [1.29, 1.82) is 0 Å². The Kier molecular flexibility index (Phi) is 7.38. The second-order valence-electron chi connectivity index (χ2n) is 9.20. The summed E-state index contributed by atoms with van der Waals surface area (Å²) >= 11 is 0. The van der Waals surface area contributed by atoms with Crippen molar-refractivity contribution in [1.82, 2.24) is 15.2 Å². The van der Waals surface area contributed by atoms with Crippen LogP contribution in [0.3, 0.4) is 0 Å². The Morgan fingerprint density at radius 2 is 1.91 bits per heavy atom. The van der Waals surface area contributed by atoms with Gasteiger partial charge in [-0.05, 0) is 67.3 Å². The number of carbonyl (C=O) groups excluding carboxylic acids is 2. The minimum atomic E-state index is -0.525. The fourth-order valence-corrected chi connectivity index (χ4v) is 5.06. The molecule has 172 valence electrons. The minimum Gasteiger partial charge on any atom is -0.352 e. The number of benzene rings is 1. The van der Waals surface area contributed by atoms with E-state index in [2.05, 4.69) is 53.3 Å². The first-order valence-electron chi connectivity index (χ1n) is 11.9. The smallest absolute Gasteiger partial charge is 0.226 e. The number of likely N-dealkylation sites (tertiary alicyclic amines) is 1. The number of pyridine rings is 1. The monoisotopic (exact) mass is 443 g/mol. The van der Waals surface area contributed by atoms with Crippen LogP contribution in [0.25, 0.3) is 11.1 Å². The van der Waals surface area contributed by atoms with E-state index in [9.17, 15) is 9.59 Å². The molecule has 2 heterocycles. The summed E-state index contributed by atoms with van der Waals surface area (Å²) in [5.41, 5.74) is 2.84. The zero-order valence-electron chi connectivity index (χ0n) is 19.2. The molecule has 1 saturated heterocycles. The topological polar surface area (TPSA) is 62.3 Å². The van der Waals surface area contributed by atoms with E-state index in [1.54, 1.807) is 18.5 Å². The number of hydrogen-bond acceptors (Lipinski definition) is 3. The molecule has 0 saturated carbocycles. The molecule has 1 fully saturated rings. The maximum Gasteiger partial charge on any atom is 0.226 e. The second kappa shape index (κ2) is 10.6. The van der Waals surface area contributed by atoms with Gasteiger partial charge in [0.05, 0.1) is 5.41 Å². The van der Waals surface area contributed by atoms with E-state index >= 15 is 0 Å². The molecule has 5 nitrogen and oxygen atoms in total. The SMILES string of the molecule is C=CCNC(=O)C1(Cc2cccc(-c3ccncc3)c2)CCN(C(=O)C2CC=CCC2)CC1. The van der Waals surface area contributed by atoms with E-state index in [0.717, 1.165) is 36.0 Å². The standard InChI is InChI=1S/C28H33N3O2/c1-2-15-30-27(33)28(13-18-31(19-14-28)26(32)24-8-4-3-5-9-24)21-22-7-6-10-25(20-22)23-11-16-29-17-12-23/h2-4,6-7,10-12,16-17,20,24H,1,5,8-9,13-15,18-19,21H2,(H,30,33). The minimum absolute atomic E-state index is 0.0596. The van der Waals surface area contributed by atoms with Gasteiger partial charge in [0.25, 0.3) is 0 Å². The molecule has 33 heavy (non-hydrogen) atoms. The summed E-state index contributed by atoms with van der Waals surface area (Å²) < 4.78 is 0. The summed E-state index contributed by atoms with van der Waals surface area (Å²) in [4.78, 5) is 32.5. The van der Waals surface area contributed by atoms with Crippen LogP contribution in [0.4, 0.5) is 0 Å². The number of rotatable bonds is 7. The maximum absolute atomic E-state index is 13.3. The number of nitrogens with one attached hydrogen (secondary N) is 1. The first kappa shape index (κ1) is 23.0. The molecule has 0 bridgehead atoms. The first-order valence-corrected chi connectivity index (χ1v) is 11.9. The Morgan fingerprint density at radius 3 is 2.61 bits per heavy atom. The average molecular weight is 444 g/mol. The molecule has 2 aromatic rings. The van der Waals surface area contributed by atoms with Crippen LogP contribution in [0.15, 0.2) is 73.6 Å². The summed E-state index contributed by atoms with van der Waals surface area (Å²) in [6.45, 7) is 5.45. The molecule has 0 radical (unpaired) electrons. The lowest BCUT2D eigenvalue weighted by molar-refractivity contribution is -0.143. The maximum atomic E-state index is 13.3. The van der Waals surface area contributed by atoms with Gasteiger partial charge in [0.1, 0.15) is 0 Å². The lowest BCUT2D eigenvalue weighted by atomic mass is 9.72. The van der Waals surface area contributed by atoms with Crippen LogP contribution in [0.2, 0.25) is 0 Å². The van der Waals surface area contributed by atoms with Crippen molar-refractivity contribution in [3.8, 4) is 11.1 Å². The third-order valence-electron chi connectivity index (χ3n) is 7.02. The average Bonchev–Trinajstić information content (AvgIpc) is 2.88. The van der Waals surface area contributed by atoms with E-state index in [1.165, 1.54) is 0 Å². The van der Waals surface area contributed by atoms with Crippen LogP contribution in [0.5, 0.6) is 0 Å². The molecule has 2 amide bonds. The fraction of sp³-hybridized carbons (Fsp3) is 0.393. The molecular formula is C28H33N3O2. The van der Waals surface area contributed by atoms with E-state index in [4.69, 9.17) is 0 Å². The Labute approximate surface area is 196 Å². The fourth-order valence-electron chi connectivity index (χ4n) is 5.06. The van der Waals surface area contributed by atoms with Crippen molar-refractivity contribution < 1.29 is 9.59 Å². The lowest BCUT2D eigenvalue weighted by Gasteiger charge is -2.42. The van der Waals surface area contributed by atoms with Crippen LogP contribution in [0.1, 0.15) is 37.7 Å². The van der Waals surface area contributed by atoms with E-state index in [1.807, 2.05) is 17.0 Å². The van der Waals surface area contributed by atoms with Gasteiger partial charge < -0.3 is 10.2 Å². The molecule has 1 atom stereocenters. The van der Waals surface area contributed by atoms with Gasteiger partial charge in [0.2, 0.25) is 11.8 Å². The van der Waals surface area contributed by atoms with Crippen molar-refractivity contribution in [3.63, 3.8) is 0 Å². The van der Waals surface area contributed by atoms with Crippen LogP contribution in [-0.4, -0.2) is 41.3 Å². The quantitative estimate of drug-likeness (QED) is 0.638. The molecule has 1 unspecified atom stereocenters. The summed E-state index contributed by atoms with van der Waals surface area (Å²) in [6.07, 6.45) is 14.3. The highest BCUT2D eigenvalue weighted by atomic mass is 16.2. The lowest BCUT2D eigenvalue weighted by Crippen LogP contribution is -2.52. The van der Waals surface area contributed by atoms with Crippen LogP contribution < -0.4 is 5.32 Å². The number of piperidine rings is 1. The van der Waals surface area contributed by atoms with Gasteiger partial charge in [-0.15, -0.1) is 6.58 Å². The highest BCUT2D eigenvalue weighted by molar-refractivity contribution is 5.84. The molecule has 4 rings (SSSR count). The molecular weight excluding hydrogens is 410 g/mol. The zero-order valence-corrected chi connectivity index (χ0v) is 19.2. The van der Waals surface area contributed by atoms with Gasteiger partial charge >= 0.3 is 0 Å². The molecule has 1 N–H and O–H groups in total. The van der Waals surface area contributed by atoms with Gasteiger partial charge in [0.15, 0.2) is 0 Å². The van der Waals surface area contributed by atoms with Crippen LogP contribution in [-0.2, 0) is 16.0 Å². The largest absolute Gasteiger partial charge is 0.352 e. The van der Waals surface area contributed by atoms with E-state index in [0.29, 0.717) is 38.9 Å². The number of carbonyl (C=O) groups is 2. The summed E-state index contributed by atoms with van der Waals surface area (Å²) in [6, 6.07) is 12.4. The zero-order chi connectivity index (χ0) is 23.1. The molecule has 2 aliphatic rings. The molecule has 0 spiro atoms. The third kappa shape index (κ3) is 5.41. The van der Waals surface area contributed by atoms with Crippen molar-refractivity contribution in [2.75, 3.05) is 19.6 Å². The number of hydrogen-bond donors (Lipinski definition) is 1. The van der Waals surface area contributed by atoms with Gasteiger partial charge in [-0.1, -0.05) is 42.5 Å². The third-order valence-corrected chi connectivity index (χ3v) is 7.02. The number of nitrogens with zero attached hydrogens (tertiary/aromatic N) is 2. The van der Waals surface area contributed by atoms with E-state index < -0.39 is 5.41 Å². The summed E-state index contributed by atoms with van der Waals surface area (Å²) in [5.74, 6) is 0.401. The van der Waals surface area contributed by atoms with Crippen LogP contribution >= 0.6 is 0 Å².